The molecule has 0 amide bonds. The normalized spacial score (nSPS) is 10.7. The van der Waals surface area contributed by atoms with Gasteiger partial charge in [-0.25, -0.2) is 13.6 Å². The standard InChI is InChI=1S/C14H12ClF2NO2S/c1-3-6-11(18)13(14(19)20-2)21-12(6)7-4-10(17)8(15)5-9(7)16/h4-5H,3,18H2,1-2H3. The van der Waals surface area contributed by atoms with Crippen molar-refractivity contribution in [1.82, 2.24) is 0 Å². The van der Waals surface area contributed by atoms with Crippen molar-refractivity contribution in [3.63, 3.8) is 0 Å². The number of esters is 1. The molecular weight excluding hydrogens is 320 g/mol. The summed E-state index contributed by atoms with van der Waals surface area (Å²) in [5.41, 5.74) is 6.76. The lowest BCUT2D eigenvalue weighted by Gasteiger charge is -2.05. The van der Waals surface area contributed by atoms with Crippen LogP contribution in [-0.2, 0) is 11.2 Å². The smallest absolute Gasteiger partial charge is 0.350 e. The van der Waals surface area contributed by atoms with Gasteiger partial charge in [0, 0.05) is 10.4 Å². The van der Waals surface area contributed by atoms with Crippen LogP contribution in [0.5, 0.6) is 0 Å². The van der Waals surface area contributed by atoms with Crippen molar-refractivity contribution in [2.45, 2.75) is 13.3 Å². The lowest BCUT2D eigenvalue weighted by atomic mass is 10.1. The molecule has 0 aliphatic carbocycles. The third-order valence-corrected chi connectivity index (χ3v) is 4.58. The maximum atomic E-state index is 14.1. The van der Waals surface area contributed by atoms with Gasteiger partial charge in [0.05, 0.1) is 17.8 Å². The number of rotatable bonds is 3. The lowest BCUT2D eigenvalue weighted by molar-refractivity contribution is 0.0607. The average molecular weight is 332 g/mol. The maximum absolute atomic E-state index is 14.1. The predicted octanol–water partition coefficient (Wildman–Crippen LogP) is 4.28. The van der Waals surface area contributed by atoms with Gasteiger partial charge in [0.1, 0.15) is 16.5 Å². The van der Waals surface area contributed by atoms with E-state index >= 15 is 0 Å². The van der Waals surface area contributed by atoms with Gasteiger partial charge in [-0.05, 0) is 24.1 Å². The SMILES string of the molecule is CCc1c(-c2cc(F)c(Cl)cc2F)sc(C(=O)OC)c1N. The number of ether oxygens (including phenoxy) is 1. The second-order valence-corrected chi connectivity index (χ2v) is 5.67. The van der Waals surface area contributed by atoms with Crippen LogP contribution in [0.2, 0.25) is 5.02 Å². The van der Waals surface area contributed by atoms with Crippen LogP contribution in [0.25, 0.3) is 10.4 Å². The van der Waals surface area contributed by atoms with Crippen LogP contribution in [0.3, 0.4) is 0 Å². The molecule has 0 aliphatic heterocycles. The van der Waals surface area contributed by atoms with E-state index in [0.717, 1.165) is 23.5 Å². The molecule has 1 heterocycles. The van der Waals surface area contributed by atoms with Gasteiger partial charge in [-0.3, -0.25) is 0 Å². The van der Waals surface area contributed by atoms with Gasteiger partial charge in [0.15, 0.2) is 0 Å². The van der Waals surface area contributed by atoms with E-state index in [1.165, 1.54) is 7.11 Å². The first-order valence-electron chi connectivity index (χ1n) is 6.05. The van der Waals surface area contributed by atoms with E-state index in [-0.39, 0.29) is 21.2 Å². The van der Waals surface area contributed by atoms with Crippen LogP contribution in [0.15, 0.2) is 12.1 Å². The third kappa shape index (κ3) is 2.73. The molecule has 2 aromatic rings. The van der Waals surface area contributed by atoms with E-state index in [9.17, 15) is 13.6 Å². The molecule has 0 saturated heterocycles. The van der Waals surface area contributed by atoms with Gasteiger partial charge in [0.2, 0.25) is 0 Å². The zero-order valence-electron chi connectivity index (χ0n) is 11.3. The fourth-order valence-corrected chi connectivity index (χ4v) is 3.39. The lowest BCUT2D eigenvalue weighted by Crippen LogP contribution is -2.02. The van der Waals surface area contributed by atoms with Crippen LogP contribution in [0.1, 0.15) is 22.2 Å². The number of anilines is 1. The predicted molar refractivity (Wildman–Crippen MR) is 79.8 cm³/mol. The Hall–Kier alpha value is -1.66. The molecule has 2 rings (SSSR count). The number of carbonyl (C=O) groups is 1. The van der Waals surface area contributed by atoms with Gasteiger partial charge in [-0.15, -0.1) is 11.3 Å². The molecule has 3 nitrogen and oxygen atoms in total. The van der Waals surface area contributed by atoms with Crippen molar-refractivity contribution < 1.29 is 18.3 Å². The Bertz CT molecular complexity index is 715. The Labute approximate surface area is 129 Å². The molecular formula is C14H12ClF2NO2S. The van der Waals surface area contributed by atoms with Crippen LogP contribution >= 0.6 is 22.9 Å². The second-order valence-electron chi connectivity index (χ2n) is 4.24. The molecule has 0 radical (unpaired) electrons. The Morgan fingerprint density at radius 3 is 2.62 bits per heavy atom. The van der Waals surface area contributed by atoms with Gasteiger partial charge < -0.3 is 10.5 Å². The summed E-state index contributed by atoms with van der Waals surface area (Å²) in [6, 6.07) is 1.91. The molecule has 0 bridgehead atoms. The molecule has 2 N–H and O–H groups in total. The molecule has 21 heavy (non-hydrogen) atoms. The molecule has 0 unspecified atom stereocenters. The molecule has 1 aromatic carbocycles. The zero-order chi connectivity index (χ0) is 15.7. The molecule has 0 spiro atoms. The fourth-order valence-electron chi connectivity index (χ4n) is 1.99. The van der Waals surface area contributed by atoms with Crippen LogP contribution in [0.4, 0.5) is 14.5 Å². The van der Waals surface area contributed by atoms with E-state index in [0.29, 0.717) is 16.9 Å². The van der Waals surface area contributed by atoms with E-state index in [1.54, 1.807) is 0 Å². The number of hydrogen-bond acceptors (Lipinski definition) is 4. The summed E-state index contributed by atoms with van der Waals surface area (Å²) in [6.07, 6.45) is 0.471. The minimum Gasteiger partial charge on any atom is -0.465 e. The Kier molecular flexibility index (Phi) is 4.49. The quantitative estimate of drug-likeness (QED) is 0.674. The summed E-state index contributed by atoms with van der Waals surface area (Å²) in [4.78, 5) is 12.3. The van der Waals surface area contributed by atoms with Crippen LogP contribution in [-0.4, -0.2) is 13.1 Å². The van der Waals surface area contributed by atoms with Crippen LogP contribution < -0.4 is 5.73 Å². The third-order valence-electron chi connectivity index (χ3n) is 3.03. The summed E-state index contributed by atoms with van der Waals surface area (Å²) in [5, 5.41) is -0.299. The average Bonchev–Trinajstić information content (AvgIpc) is 2.78. The summed E-state index contributed by atoms with van der Waals surface area (Å²) in [5.74, 6) is -2.01. The Balaban J connectivity index is 2.69. The summed E-state index contributed by atoms with van der Waals surface area (Å²) in [6.45, 7) is 1.81. The van der Waals surface area contributed by atoms with Gasteiger partial charge in [-0.1, -0.05) is 18.5 Å². The van der Waals surface area contributed by atoms with Crippen molar-refractivity contribution in [3.8, 4) is 10.4 Å². The number of hydrogen-bond donors (Lipinski definition) is 1. The van der Waals surface area contributed by atoms with Crippen molar-refractivity contribution in [2.75, 3.05) is 12.8 Å². The number of nitrogen functional groups attached to an aromatic ring is 1. The van der Waals surface area contributed by atoms with E-state index < -0.39 is 17.6 Å². The highest BCUT2D eigenvalue weighted by Gasteiger charge is 2.23. The molecule has 7 heteroatoms. The van der Waals surface area contributed by atoms with Crippen molar-refractivity contribution in [1.29, 1.82) is 0 Å². The Morgan fingerprint density at radius 2 is 2.05 bits per heavy atom. The molecule has 1 aromatic heterocycles. The van der Waals surface area contributed by atoms with Crippen molar-refractivity contribution in [3.05, 3.63) is 39.2 Å². The summed E-state index contributed by atoms with van der Waals surface area (Å²) in [7, 11) is 1.23. The van der Waals surface area contributed by atoms with Gasteiger partial charge >= 0.3 is 5.97 Å². The minimum atomic E-state index is -0.735. The van der Waals surface area contributed by atoms with E-state index in [2.05, 4.69) is 4.74 Å². The largest absolute Gasteiger partial charge is 0.465 e. The molecule has 0 atom stereocenters. The first-order chi connectivity index (χ1) is 9.90. The van der Waals surface area contributed by atoms with E-state index in [1.807, 2.05) is 6.92 Å². The van der Waals surface area contributed by atoms with Crippen LogP contribution in [0, 0.1) is 11.6 Å². The molecule has 0 saturated carbocycles. The number of carbonyl (C=O) groups excluding carboxylic acids is 1. The monoisotopic (exact) mass is 331 g/mol. The second kappa shape index (κ2) is 5.99. The number of thiophene rings is 1. The van der Waals surface area contributed by atoms with Gasteiger partial charge in [-0.2, -0.15) is 0 Å². The van der Waals surface area contributed by atoms with Crippen molar-refractivity contribution in [2.24, 2.45) is 0 Å². The maximum Gasteiger partial charge on any atom is 0.350 e. The zero-order valence-corrected chi connectivity index (χ0v) is 12.9. The highest BCUT2D eigenvalue weighted by molar-refractivity contribution is 7.18. The van der Waals surface area contributed by atoms with Crippen molar-refractivity contribution >= 4 is 34.6 Å². The first kappa shape index (κ1) is 15.7. The summed E-state index contributed by atoms with van der Waals surface area (Å²) >= 11 is 6.52. The summed E-state index contributed by atoms with van der Waals surface area (Å²) < 4.78 is 32.3. The molecule has 0 fully saturated rings. The number of benzene rings is 1. The first-order valence-corrected chi connectivity index (χ1v) is 7.24. The molecule has 0 aliphatic rings. The minimum absolute atomic E-state index is 0.0283. The highest BCUT2D eigenvalue weighted by atomic mass is 35.5. The fraction of sp³-hybridized carbons (Fsp3) is 0.214. The molecule has 112 valence electrons. The number of halogens is 3. The highest BCUT2D eigenvalue weighted by Crippen LogP contribution is 2.41. The number of methoxy groups -OCH3 is 1. The van der Waals surface area contributed by atoms with E-state index in [4.69, 9.17) is 17.3 Å². The Morgan fingerprint density at radius 1 is 1.38 bits per heavy atom. The number of nitrogens with two attached hydrogens (primary N) is 1. The topological polar surface area (TPSA) is 52.3 Å². The van der Waals surface area contributed by atoms with Gasteiger partial charge in [0.25, 0.3) is 0 Å².